The molecule has 1 N–H and O–H groups in total. The number of nitro groups is 1. The predicted molar refractivity (Wildman–Crippen MR) is 109 cm³/mol. The molecule has 2 unspecified atom stereocenters. The molecule has 2 heterocycles. The number of fused-ring (bicyclic) bond motifs is 1. The van der Waals surface area contributed by atoms with Crippen molar-refractivity contribution in [1.29, 1.82) is 0 Å². The van der Waals surface area contributed by atoms with Gasteiger partial charge in [0.2, 0.25) is 0 Å². The molecule has 3 rings (SSSR count). The summed E-state index contributed by atoms with van der Waals surface area (Å²) < 4.78 is 50.8. The maximum atomic E-state index is 14.9. The zero-order valence-electron chi connectivity index (χ0n) is 17.8. The van der Waals surface area contributed by atoms with Crippen molar-refractivity contribution in [2.24, 2.45) is 4.99 Å². The Kier molecular flexibility index (Phi) is 5.38. The highest BCUT2D eigenvalue weighted by Gasteiger charge is 2.63. The fourth-order valence-electron chi connectivity index (χ4n) is 3.71. The summed E-state index contributed by atoms with van der Waals surface area (Å²) in [5.41, 5.74) is -3.24. The number of aliphatic imine (C=N–C) groups is 1. The lowest BCUT2D eigenvalue weighted by Crippen LogP contribution is -2.70. The molecule has 0 radical (unpaired) electrons. The van der Waals surface area contributed by atoms with E-state index in [0.29, 0.717) is 0 Å². The second-order valence-electron chi connectivity index (χ2n) is 9.02. The SMILES string of the molecule is CC(C)(C)OC(=O)/N=C1/NC2(c3cc([N+](=O)[O-])ccc3F)COCC2S(=O)(=O)C1(C)C. The van der Waals surface area contributed by atoms with Gasteiger partial charge in [-0.15, -0.1) is 0 Å². The second kappa shape index (κ2) is 7.23. The third kappa shape index (κ3) is 3.78. The van der Waals surface area contributed by atoms with E-state index in [1.54, 1.807) is 20.8 Å². The number of sulfone groups is 1. The Morgan fingerprint density at radius 3 is 2.61 bits per heavy atom. The minimum Gasteiger partial charge on any atom is -0.442 e. The second-order valence-corrected chi connectivity index (χ2v) is 11.7. The number of carbonyl (C=O) groups is 1. The van der Waals surface area contributed by atoms with Crippen LogP contribution in [0.3, 0.4) is 0 Å². The smallest absolute Gasteiger partial charge is 0.435 e. The number of ether oxygens (including phenoxy) is 2. The molecule has 1 aromatic carbocycles. The minimum atomic E-state index is -4.10. The fraction of sp³-hybridized carbons (Fsp3) is 0.579. The van der Waals surface area contributed by atoms with E-state index in [2.05, 4.69) is 10.3 Å². The third-order valence-electron chi connectivity index (χ3n) is 5.38. The average Bonchev–Trinajstić information content (AvgIpc) is 3.04. The highest BCUT2D eigenvalue weighted by Crippen LogP contribution is 2.45. The van der Waals surface area contributed by atoms with Crippen LogP contribution in [0.1, 0.15) is 40.2 Å². The standard InChI is InChI=1S/C19H24FN3O7S/c1-17(2,3)30-16(24)21-15-18(4,5)31(27,28)14-9-29-10-19(14,22-15)12-8-11(23(25)26)6-7-13(12)20/h6-8,14H,9-10H2,1-5H3,(H,21,22,24). The summed E-state index contributed by atoms with van der Waals surface area (Å²) in [7, 11) is -4.10. The van der Waals surface area contributed by atoms with Crippen LogP contribution in [0, 0.1) is 15.9 Å². The number of hydrogen-bond acceptors (Lipinski definition) is 7. The Morgan fingerprint density at radius 1 is 1.39 bits per heavy atom. The molecular weight excluding hydrogens is 433 g/mol. The first-order valence-electron chi connectivity index (χ1n) is 9.48. The number of carbonyl (C=O) groups excluding carboxylic acids is 1. The molecule has 10 nitrogen and oxygen atoms in total. The van der Waals surface area contributed by atoms with Crippen molar-refractivity contribution >= 4 is 27.5 Å². The topological polar surface area (TPSA) is 137 Å². The van der Waals surface area contributed by atoms with E-state index in [1.165, 1.54) is 13.8 Å². The number of rotatable bonds is 2. The van der Waals surface area contributed by atoms with E-state index < -0.39 is 53.5 Å². The van der Waals surface area contributed by atoms with E-state index in [-0.39, 0.29) is 24.6 Å². The molecule has 0 spiro atoms. The summed E-state index contributed by atoms with van der Waals surface area (Å²) in [5.74, 6) is -1.10. The van der Waals surface area contributed by atoms with Crippen molar-refractivity contribution in [2.75, 3.05) is 13.2 Å². The molecular formula is C19H24FN3O7S. The highest BCUT2D eigenvalue weighted by atomic mass is 32.2. The number of nitro benzene ring substituents is 1. The first-order chi connectivity index (χ1) is 14.1. The molecule has 0 bridgehead atoms. The Balaban J connectivity index is 2.21. The van der Waals surface area contributed by atoms with Crippen LogP contribution in [0.4, 0.5) is 14.9 Å². The normalized spacial score (nSPS) is 27.9. The van der Waals surface area contributed by atoms with Crippen LogP contribution in [0.2, 0.25) is 0 Å². The molecule has 2 fully saturated rings. The molecule has 0 aliphatic carbocycles. The van der Waals surface area contributed by atoms with Gasteiger partial charge >= 0.3 is 6.09 Å². The summed E-state index contributed by atoms with van der Waals surface area (Å²) in [5, 5.41) is 12.9. The van der Waals surface area contributed by atoms with Gasteiger partial charge in [-0.2, -0.15) is 4.99 Å². The third-order valence-corrected chi connectivity index (χ3v) is 8.29. The van der Waals surface area contributed by atoms with Crippen LogP contribution in [0.5, 0.6) is 0 Å². The van der Waals surface area contributed by atoms with Crippen LogP contribution < -0.4 is 5.32 Å². The lowest BCUT2D eigenvalue weighted by atomic mass is 9.86. The van der Waals surface area contributed by atoms with Crippen molar-refractivity contribution in [2.45, 2.75) is 55.8 Å². The summed E-state index contributed by atoms with van der Waals surface area (Å²) in [6.07, 6.45) is -1.02. The minimum absolute atomic E-state index is 0.249. The first kappa shape index (κ1) is 23.1. The molecule has 12 heteroatoms. The van der Waals surface area contributed by atoms with Crippen LogP contribution in [-0.2, 0) is 24.8 Å². The highest BCUT2D eigenvalue weighted by molar-refractivity contribution is 7.94. The van der Waals surface area contributed by atoms with Gasteiger partial charge in [0.1, 0.15) is 32.8 Å². The summed E-state index contributed by atoms with van der Waals surface area (Å²) in [6, 6.07) is 2.86. The Labute approximate surface area is 178 Å². The molecule has 2 saturated heterocycles. The van der Waals surface area contributed by atoms with Crippen LogP contribution >= 0.6 is 0 Å². The Bertz CT molecular complexity index is 1080. The largest absolute Gasteiger partial charge is 0.442 e. The van der Waals surface area contributed by atoms with Crippen LogP contribution in [0.25, 0.3) is 0 Å². The quantitative estimate of drug-likeness (QED) is 0.528. The number of halogens is 1. The lowest BCUT2D eigenvalue weighted by Gasteiger charge is -2.46. The van der Waals surface area contributed by atoms with E-state index in [0.717, 1.165) is 18.2 Å². The van der Waals surface area contributed by atoms with Crippen LogP contribution in [-0.4, -0.2) is 54.1 Å². The van der Waals surface area contributed by atoms with Crippen molar-refractivity contribution < 1.29 is 32.0 Å². The zero-order valence-corrected chi connectivity index (χ0v) is 18.6. The van der Waals surface area contributed by atoms with Crippen molar-refractivity contribution in [3.8, 4) is 0 Å². The average molecular weight is 457 g/mol. The molecule has 1 aromatic rings. The molecule has 0 saturated carbocycles. The van der Waals surface area contributed by atoms with E-state index in [9.17, 15) is 27.7 Å². The lowest BCUT2D eigenvalue weighted by molar-refractivity contribution is -0.385. The van der Waals surface area contributed by atoms with Gasteiger partial charge in [-0.1, -0.05) is 0 Å². The van der Waals surface area contributed by atoms with Gasteiger partial charge in [0.25, 0.3) is 5.69 Å². The van der Waals surface area contributed by atoms with E-state index in [4.69, 9.17) is 9.47 Å². The van der Waals surface area contributed by atoms with Gasteiger partial charge in [0.05, 0.1) is 18.1 Å². The number of non-ortho nitro benzene ring substituents is 1. The van der Waals surface area contributed by atoms with Gasteiger partial charge in [-0.25, -0.2) is 17.6 Å². The molecule has 2 aliphatic rings. The van der Waals surface area contributed by atoms with E-state index >= 15 is 0 Å². The number of benzene rings is 1. The molecule has 2 atom stereocenters. The van der Waals surface area contributed by atoms with Gasteiger partial charge < -0.3 is 14.8 Å². The van der Waals surface area contributed by atoms with E-state index in [1.807, 2.05) is 0 Å². The van der Waals surface area contributed by atoms with Crippen molar-refractivity contribution in [3.63, 3.8) is 0 Å². The zero-order chi connectivity index (χ0) is 23.4. The maximum absolute atomic E-state index is 14.9. The molecule has 1 amide bonds. The number of hydrogen-bond donors (Lipinski definition) is 1. The number of nitrogens with zero attached hydrogens (tertiary/aromatic N) is 2. The van der Waals surface area contributed by atoms with Crippen molar-refractivity contribution in [3.05, 3.63) is 39.7 Å². The predicted octanol–water partition coefficient (Wildman–Crippen LogP) is 2.46. The van der Waals surface area contributed by atoms with Crippen LogP contribution in [0.15, 0.2) is 23.2 Å². The van der Waals surface area contributed by atoms with Crippen molar-refractivity contribution in [1.82, 2.24) is 5.32 Å². The summed E-state index contributed by atoms with van der Waals surface area (Å²) in [4.78, 5) is 26.7. The number of nitrogens with one attached hydrogen (secondary N) is 1. The monoisotopic (exact) mass is 457 g/mol. The fourth-order valence-corrected chi connectivity index (χ4v) is 5.85. The summed E-state index contributed by atoms with van der Waals surface area (Å²) >= 11 is 0. The summed E-state index contributed by atoms with van der Waals surface area (Å²) in [6.45, 7) is 7.07. The molecule has 31 heavy (non-hydrogen) atoms. The number of amides is 1. The first-order valence-corrected chi connectivity index (χ1v) is 11.0. The van der Waals surface area contributed by atoms with Gasteiger partial charge in [0, 0.05) is 17.7 Å². The molecule has 0 aromatic heterocycles. The molecule has 2 aliphatic heterocycles. The maximum Gasteiger partial charge on any atom is 0.435 e. The van der Waals surface area contributed by atoms with Gasteiger partial charge in [-0.05, 0) is 40.7 Å². The Morgan fingerprint density at radius 2 is 2.03 bits per heavy atom. The number of amidine groups is 1. The molecule has 170 valence electrons. The Hall–Kier alpha value is -2.60. The van der Waals surface area contributed by atoms with Gasteiger partial charge in [-0.3, -0.25) is 10.1 Å². The van der Waals surface area contributed by atoms with Gasteiger partial charge in [0.15, 0.2) is 9.84 Å².